The van der Waals surface area contributed by atoms with Crippen molar-refractivity contribution in [2.75, 3.05) is 0 Å². The molecule has 11 aromatic rings. The van der Waals surface area contributed by atoms with Crippen LogP contribution in [0.25, 0.3) is 84.5 Å². The molecule has 276 valence electrons. The van der Waals surface area contributed by atoms with Gasteiger partial charge in [-0.2, -0.15) is 0 Å². The first-order chi connectivity index (χ1) is 28.5. The molecule has 0 aliphatic heterocycles. The summed E-state index contributed by atoms with van der Waals surface area (Å²) in [5.41, 5.74) is 17.3. The number of thiophene rings is 2. The highest BCUT2D eigenvalue weighted by molar-refractivity contribution is 7.26. The molecule has 11 rings (SSSR count). The van der Waals surface area contributed by atoms with Gasteiger partial charge in [0.15, 0.2) is 5.84 Å². The first-order valence-corrected chi connectivity index (χ1v) is 21.0. The lowest BCUT2D eigenvalue weighted by molar-refractivity contribution is 0.668. The van der Waals surface area contributed by atoms with Crippen LogP contribution in [0.4, 0.5) is 0 Å². The van der Waals surface area contributed by atoms with E-state index in [0.717, 1.165) is 60.0 Å². The molecule has 2 N–H and O–H groups in total. The lowest BCUT2D eigenvalue weighted by Crippen LogP contribution is -2.17. The molecule has 0 spiro atoms. The zero-order chi connectivity index (χ0) is 38.7. The van der Waals surface area contributed by atoms with Crippen molar-refractivity contribution in [3.8, 4) is 22.3 Å². The van der Waals surface area contributed by atoms with E-state index < -0.39 is 0 Å². The Kier molecular flexibility index (Phi) is 8.28. The monoisotopic (exact) mass is 781 g/mol. The number of aliphatic imine (C=N–C) groups is 2. The Hall–Kier alpha value is -6.86. The van der Waals surface area contributed by atoms with Crippen LogP contribution in [0.3, 0.4) is 0 Å². The van der Waals surface area contributed by atoms with Crippen LogP contribution < -0.4 is 5.73 Å². The minimum Gasteiger partial charge on any atom is -0.456 e. The van der Waals surface area contributed by atoms with Crippen LogP contribution in [0.2, 0.25) is 0 Å². The molecule has 4 nitrogen and oxygen atoms in total. The molecule has 8 aromatic carbocycles. The van der Waals surface area contributed by atoms with E-state index in [0.29, 0.717) is 18.2 Å². The minimum atomic E-state index is 0.383. The molecule has 3 heterocycles. The molecule has 0 saturated heterocycles. The van der Waals surface area contributed by atoms with Crippen LogP contribution in [0.15, 0.2) is 184 Å². The van der Waals surface area contributed by atoms with E-state index in [1.807, 2.05) is 17.4 Å². The summed E-state index contributed by atoms with van der Waals surface area (Å²) in [7, 11) is 0. The van der Waals surface area contributed by atoms with Gasteiger partial charge in [0.25, 0.3) is 0 Å². The van der Waals surface area contributed by atoms with Gasteiger partial charge < -0.3 is 10.2 Å². The van der Waals surface area contributed by atoms with Gasteiger partial charge in [-0.25, -0.2) is 4.99 Å². The Morgan fingerprint density at radius 2 is 1.21 bits per heavy atom. The number of amidine groups is 2. The maximum absolute atomic E-state index is 7.28. The highest BCUT2D eigenvalue weighted by atomic mass is 32.1. The molecule has 0 radical (unpaired) electrons. The molecule has 6 heteroatoms. The molecule has 0 saturated carbocycles. The lowest BCUT2D eigenvalue weighted by atomic mass is 9.97. The van der Waals surface area contributed by atoms with Gasteiger partial charge in [0.2, 0.25) is 0 Å². The lowest BCUT2D eigenvalue weighted by Gasteiger charge is -2.11. The predicted molar refractivity (Wildman–Crippen MR) is 249 cm³/mol. The summed E-state index contributed by atoms with van der Waals surface area (Å²) in [5.74, 6) is 0.976. The fourth-order valence-electron chi connectivity index (χ4n) is 8.16. The summed E-state index contributed by atoms with van der Waals surface area (Å²) >= 11 is 3.58. The van der Waals surface area contributed by atoms with Gasteiger partial charge in [0.05, 0.1) is 6.54 Å². The molecule has 58 heavy (non-hydrogen) atoms. The summed E-state index contributed by atoms with van der Waals surface area (Å²) in [5, 5.41) is 6.85. The zero-order valence-electron chi connectivity index (χ0n) is 31.6. The van der Waals surface area contributed by atoms with E-state index in [9.17, 15) is 0 Å². The summed E-state index contributed by atoms with van der Waals surface area (Å²) in [6.45, 7) is 2.53. The number of nitrogens with two attached hydrogens (primary N) is 1. The Bertz CT molecular complexity index is 3440. The molecule has 3 aromatic heterocycles. The average Bonchev–Trinajstić information content (AvgIpc) is 3.96. The van der Waals surface area contributed by atoms with Crippen LogP contribution in [0, 0.1) is 6.92 Å². The molecule has 0 fully saturated rings. The summed E-state index contributed by atoms with van der Waals surface area (Å²) in [6, 6.07) is 60.0. The Morgan fingerprint density at radius 1 is 0.517 bits per heavy atom. The second kappa shape index (κ2) is 14.0. The Balaban J connectivity index is 1.09. The Labute approximate surface area is 342 Å². The molecule has 0 aliphatic carbocycles. The smallest absolute Gasteiger partial charge is 0.158 e. The van der Waals surface area contributed by atoms with E-state index in [4.69, 9.17) is 20.1 Å². The van der Waals surface area contributed by atoms with Crippen molar-refractivity contribution < 1.29 is 4.42 Å². The van der Waals surface area contributed by atoms with Crippen LogP contribution >= 0.6 is 22.7 Å². The van der Waals surface area contributed by atoms with Crippen molar-refractivity contribution in [1.29, 1.82) is 0 Å². The van der Waals surface area contributed by atoms with Crippen molar-refractivity contribution in [2.45, 2.75) is 13.5 Å². The van der Waals surface area contributed by atoms with E-state index in [1.165, 1.54) is 46.8 Å². The van der Waals surface area contributed by atoms with E-state index in [2.05, 4.69) is 171 Å². The van der Waals surface area contributed by atoms with Crippen molar-refractivity contribution in [2.24, 2.45) is 15.7 Å². The number of benzene rings is 8. The van der Waals surface area contributed by atoms with Gasteiger partial charge in [-0.05, 0) is 88.8 Å². The fraction of sp³-hybridized carbons (Fsp3) is 0.0385. The summed E-state index contributed by atoms with van der Waals surface area (Å²) in [6.07, 6.45) is 0. The normalized spacial score (nSPS) is 12.6. The van der Waals surface area contributed by atoms with Crippen LogP contribution in [0.5, 0.6) is 0 Å². The average molecular weight is 782 g/mol. The van der Waals surface area contributed by atoms with Gasteiger partial charge >= 0.3 is 0 Å². The van der Waals surface area contributed by atoms with Crippen molar-refractivity contribution in [3.05, 3.63) is 192 Å². The van der Waals surface area contributed by atoms with Gasteiger partial charge in [-0.15, -0.1) is 22.7 Å². The fourth-order valence-corrected chi connectivity index (χ4v) is 10.5. The predicted octanol–water partition coefficient (Wildman–Crippen LogP) is 14.3. The largest absolute Gasteiger partial charge is 0.456 e. The Morgan fingerprint density at radius 3 is 2.03 bits per heavy atom. The number of aryl methyl sites for hydroxylation is 1. The standard InChI is InChI=1S/C52H35N3OS2/c1-31-18-24-40-44(26-31)56-45-29-36(35-23-25-48-42(27-35)38-13-6-7-16-46(38)57-48)28-43(49(40)45)51(53)55-52(41-15-9-14-39-37-12-5-8-17-47(37)58-50(39)41)54-30-32-19-21-34(22-20-32)33-10-3-2-4-11-33/h2-29H,30H2,1H3,(H2,53,54,55). The summed E-state index contributed by atoms with van der Waals surface area (Å²) in [4.78, 5) is 10.6. The van der Waals surface area contributed by atoms with Gasteiger partial charge in [0.1, 0.15) is 17.0 Å². The van der Waals surface area contributed by atoms with Crippen LogP contribution in [-0.2, 0) is 6.54 Å². The third-order valence-corrected chi connectivity index (χ3v) is 13.4. The topological polar surface area (TPSA) is 63.9 Å². The van der Waals surface area contributed by atoms with E-state index >= 15 is 0 Å². The van der Waals surface area contributed by atoms with Gasteiger partial charge in [0, 0.05) is 62.2 Å². The zero-order valence-corrected chi connectivity index (χ0v) is 33.2. The quantitative estimate of drug-likeness (QED) is 0.135. The first kappa shape index (κ1) is 34.4. The number of hydrogen-bond donors (Lipinski definition) is 1. The van der Waals surface area contributed by atoms with E-state index in [-0.39, 0.29) is 0 Å². The number of rotatable bonds is 6. The highest BCUT2D eigenvalue weighted by Crippen LogP contribution is 2.40. The number of nitrogens with zero attached hydrogens (tertiary/aromatic N) is 2. The second-order valence-electron chi connectivity index (χ2n) is 14.8. The number of hydrogen-bond acceptors (Lipinski definition) is 4. The number of fused-ring (bicyclic) bond motifs is 9. The molecule has 0 aliphatic rings. The van der Waals surface area contributed by atoms with Gasteiger partial charge in [-0.3, -0.25) is 4.99 Å². The molecular weight excluding hydrogens is 747 g/mol. The third-order valence-electron chi connectivity index (χ3n) is 11.1. The van der Waals surface area contributed by atoms with Crippen molar-refractivity contribution >= 4 is 96.6 Å². The van der Waals surface area contributed by atoms with Gasteiger partial charge in [-0.1, -0.05) is 121 Å². The maximum Gasteiger partial charge on any atom is 0.158 e. The molecule has 0 bridgehead atoms. The molecular formula is C52H35N3OS2. The molecule has 0 atom stereocenters. The third kappa shape index (κ3) is 5.97. The highest BCUT2D eigenvalue weighted by Gasteiger charge is 2.19. The van der Waals surface area contributed by atoms with E-state index in [1.54, 1.807) is 11.3 Å². The molecule has 0 unspecified atom stereocenters. The van der Waals surface area contributed by atoms with Crippen molar-refractivity contribution in [3.63, 3.8) is 0 Å². The first-order valence-electron chi connectivity index (χ1n) is 19.4. The molecule has 0 amide bonds. The van der Waals surface area contributed by atoms with Crippen molar-refractivity contribution in [1.82, 2.24) is 0 Å². The van der Waals surface area contributed by atoms with Crippen LogP contribution in [0.1, 0.15) is 22.3 Å². The summed E-state index contributed by atoms with van der Waals surface area (Å²) < 4.78 is 11.5. The van der Waals surface area contributed by atoms with Crippen LogP contribution in [-0.4, -0.2) is 11.7 Å². The second-order valence-corrected chi connectivity index (χ2v) is 16.9. The maximum atomic E-state index is 7.28. The minimum absolute atomic E-state index is 0.383. The number of furan rings is 1. The SMILES string of the molecule is Cc1ccc2c(c1)oc1cc(-c3ccc4sc5ccccc5c4c3)cc(/C(N)=N/C(=N\Cc3ccc(-c4ccccc4)cc3)c3cccc4c3sc3ccccc34)c12.